The minimum absolute atomic E-state index is 0.225. The number of hydrogen-bond donors (Lipinski definition) is 3. The van der Waals surface area contributed by atoms with Crippen molar-refractivity contribution in [1.29, 1.82) is 0 Å². The topological polar surface area (TPSA) is 62.6 Å². The summed E-state index contributed by atoms with van der Waals surface area (Å²) in [5.74, 6) is -0.225. The molecule has 1 aromatic rings. The molecular formula is C15H24N3O2S+. The summed E-state index contributed by atoms with van der Waals surface area (Å²) in [6.07, 6.45) is 1.01. The van der Waals surface area contributed by atoms with Gasteiger partial charge in [0.2, 0.25) is 0 Å². The zero-order valence-electron chi connectivity index (χ0n) is 13.1. The first-order chi connectivity index (χ1) is 9.76. The lowest BCUT2D eigenvalue weighted by molar-refractivity contribution is -0.924. The number of nitrogens with one attached hydrogen (secondary N) is 3. The van der Waals surface area contributed by atoms with Crippen LogP contribution >= 0.6 is 11.3 Å². The van der Waals surface area contributed by atoms with E-state index < -0.39 is 6.03 Å². The summed E-state index contributed by atoms with van der Waals surface area (Å²) in [6, 6.07) is 2.03. The van der Waals surface area contributed by atoms with E-state index in [1.807, 2.05) is 20.8 Å². The van der Waals surface area contributed by atoms with Gasteiger partial charge in [-0.1, -0.05) is 0 Å². The maximum absolute atomic E-state index is 12.0. The Labute approximate surface area is 129 Å². The largest absolute Gasteiger partial charge is 0.333 e. The van der Waals surface area contributed by atoms with Gasteiger partial charge in [-0.25, -0.2) is 4.79 Å². The summed E-state index contributed by atoms with van der Waals surface area (Å²) < 4.78 is 0. The number of rotatable bonds is 2. The van der Waals surface area contributed by atoms with Crippen LogP contribution in [0.2, 0.25) is 0 Å². The molecule has 0 fully saturated rings. The number of carbonyl (C=O) groups is 2. The number of imide groups is 1. The Kier molecular flexibility index (Phi) is 4.68. The highest BCUT2D eigenvalue weighted by atomic mass is 32.1. The number of urea groups is 1. The number of hydrogen-bond acceptors (Lipinski definition) is 3. The third-order valence-corrected chi connectivity index (χ3v) is 4.66. The molecule has 1 aliphatic rings. The predicted molar refractivity (Wildman–Crippen MR) is 83.6 cm³/mol. The monoisotopic (exact) mass is 310 g/mol. The average Bonchev–Trinajstić information content (AvgIpc) is 2.79. The second kappa shape index (κ2) is 6.15. The van der Waals surface area contributed by atoms with Gasteiger partial charge in [-0.2, -0.15) is 0 Å². The molecule has 2 atom stereocenters. The van der Waals surface area contributed by atoms with E-state index in [0.717, 1.165) is 13.0 Å². The molecule has 0 saturated heterocycles. The summed E-state index contributed by atoms with van der Waals surface area (Å²) in [5.41, 5.74) is 0.995. The molecule has 0 bridgehead atoms. The van der Waals surface area contributed by atoms with Crippen LogP contribution in [0, 0.1) is 0 Å². The lowest BCUT2D eigenvalue weighted by Gasteiger charge is -2.30. The predicted octanol–water partition coefficient (Wildman–Crippen LogP) is 0.874. The van der Waals surface area contributed by atoms with Crippen molar-refractivity contribution in [2.45, 2.75) is 45.7 Å². The third-order valence-electron chi connectivity index (χ3n) is 3.66. The molecule has 0 saturated carbocycles. The van der Waals surface area contributed by atoms with Crippen LogP contribution in [0.15, 0.2) is 11.4 Å². The summed E-state index contributed by atoms with van der Waals surface area (Å²) >= 11 is 1.79. The van der Waals surface area contributed by atoms with Crippen molar-refractivity contribution in [2.24, 2.45) is 0 Å². The second-order valence-electron chi connectivity index (χ2n) is 6.61. The van der Waals surface area contributed by atoms with Crippen LogP contribution in [0.1, 0.15) is 44.2 Å². The van der Waals surface area contributed by atoms with Gasteiger partial charge in [0.25, 0.3) is 5.91 Å². The van der Waals surface area contributed by atoms with Gasteiger partial charge in [0, 0.05) is 22.4 Å². The van der Waals surface area contributed by atoms with Crippen molar-refractivity contribution in [3.05, 3.63) is 21.9 Å². The van der Waals surface area contributed by atoms with E-state index in [9.17, 15) is 9.59 Å². The Morgan fingerprint density at radius 3 is 2.81 bits per heavy atom. The van der Waals surface area contributed by atoms with Gasteiger partial charge in [-0.05, 0) is 39.1 Å². The lowest BCUT2D eigenvalue weighted by atomic mass is 10.0. The van der Waals surface area contributed by atoms with Crippen molar-refractivity contribution >= 4 is 23.3 Å². The Morgan fingerprint density at radius 1 is 1.43 bits per heavy atom. The molecule has 0 aliphatic carbocycles. The average molecular weight is 310 g/mol. The Bertz CT molecular complexity index is 533. The molecule has 5 nitrogen and oxygen atoms in total. The van der Waals surface area contributed by atoms with Crippen molar-refractivity contribution in [3.63, 3.8) is 0 Å². The quantitative estimate of drug-likeness (QED) is 0.759. The van der Waals surface area contributed by atoms with Crippen LogP contribution in [-0.2, 0) is 11.2 Å². The maximum Gasteiger partial charge on any atom is 0.322 e. The zero-order valence-corrected chi connectivity index (χ0v) is 13.9. The van der Waals surface area contributed by atoms with Crippen LogP contribution in [0.4, 0.5) is 4.79 Å². The number of thiophene rings is 1. The minimum Gasteiger partial charge on any atom is -0.333 e. The number of carbonyl (C=O) groups excluding carboxylic acids is 2. The fourth-order valence-electron chi connectivity index (χ4n) is 2.64. The molecule has 2 rings (SSSR count). The van der Waals surface area contributed by atoms with Crippen molar-refractivity contribution in [2.75, 3.05) is 13.1 Å². The van der Waals surface area contributed by atoms with Gasteiger partial charge in [0.15, 0.2) is 6.54 Å². The van der Waals surface area contributed by atoms with Gasteiger partial charge in [-0.3, -0.25) is 10.1 Å². The Hall–Kier alpha value is -1.40. The summed E-state index contributed by atoms with van der Waals surface area (Å²) in [5, 5.41) is 7.26. The van der Waals surface area contributed by atoms with Crippen molar-refractivity contribution < 1.29 is 14.5 Å². The van der Waals surface area contributed by atoms with E-state index in [-0.39, 0.29) is 11.4 Å². The summed E-state index contributed by atoms with van der Waals surface area (Å²) in [7, 11) is 0. The molecule has 21 heavy (non-hydrogen) atoms. The summed E-state index contributed by atoms with van der Waals surface area (Å²) in [4.78, 5) is 26.3. The number of quaternary nitrogens is 1. The zero-order chi connectivity index (χ0) is 15.6. The molecule has 6 heteroatoms. The number of amides is 3. The molecule has 0 spiro atoms. The summed E-state index contributed by atoms with van der Waals surface area (Å²) in [6.45, 7) is 9.05. The molecule has 2 heterocycles. The van der Waals surface area contributed by atoms with Crippen molar-refractivity contribution in [3.8, 4) is 0 Å². The SMILES string of the molecule is C[C@H]1c2ccsc2CC[NH+]1CC(=O)NC(=O)NC(C)(C)C. The molecule has 3 N–H and O–H groups in total. The van der Waals surface area contributed by atoms with E-state index in [0.29, 0.717) is 12.6 Å². The highest BCUT2D eigenvalue weighted by molar-refractivity contribution is 7.10. The maximum atomic E-state index is 12.0. The molecule has 3 amide bonds. The number of fused-ring (bicyclic) bond motifs is 1. The third kappa shape index (κ3) is 4.28. The molecule has 116 valence electrons. The van der Waals surface area contributed by atoms with E-state index in [2.05, 4.69) is 29.0 Å². The minimum atomic E-state index is -0.423. The Morgan fingerprint density at radius 2 is 2.14 bits per heavy atom. The first-order valence-electron chi connectivity index (χ1n) is 7.29. The highest BCUT2D eigenvalue weighted by Gasteiger charge is 2.30. The molecule has 1 aromatic heterocycles. The normalized spacial score (nSPS) is 21.5. The molecular weight excluding hydrogens is 286 g/mol. The lowest BCUT2D eigenvalue weighted by Crippen LogP contribution is -3.14. The fourth-order valence-corrected chi connectivity index (χ4v) is 3.62. The van der Waals surface area contributed by atoms with E-state index in [1.54, 1.807) is 11.3 Å². The van der Waals surface area contributed by atoms with E-state index in [1.165, 1.54) is 15.3 Å². The van der Waals surface area contributed by atoms with Gasteiger partial charge in [0.1, 0.15) is 6.04 Å². The van der Waals surface area contributed by atoms with Gasteiger partial charge >= 0.3 is 6.03 Å². The molecule has 1 aliphatic heterocycles. The smallest absolute Gasteiger partial charge is 0.322 e. The first-order valence-corrected chi connectivity index (χ1v) is 8.17. The van der Waals surface area contributed by atoms with Gasteiger partial charge in [0.05, 0.1) is 6.54 Å². The van der Waals surface area contributed by atoms with Crippen LogP contribution < -0.4 is 15.5 Å². The van der Waals surface area contributed by atoms with Crippen molar-refractivity contribution in [1.82, 2.24) is 10.6 Å². The van der Waals surface area contributed by atoms with E-state index >= 15 is 0 Å². The standard InChI is InChI=1S/C15H23N3O2S/c1-10-11-6-8-21-12(11)5-7-18(10)9-13(19)16-14(20)17-15(2,3)4/h6,8,10H,5,7,9H2,1-4H3,(H2,16,17,19,20)/p+1/t10-/m0/s1. The first kappa shape index (κ1) is 16.0. The highest BCUT2D eigenvalue weighted by Crippen LogP contribution is 2.24. The van der Waals surface area contributed by atoms with E-state index in [4.69, 9.17) is 0 Å². The van der Waals surface area contributed by atoms with Crippen LogP contribution in [-0.4, -0.2) is 30.6 Å². The van der Waals surface area contributed by atoms with Crippen LogP contribution in [0.25, 0.3) is 0 Å². The molecule has 1 unspecified atom stereocenters. The molecule has 0 radical (unpaired) electrons. The van der Waals surface area contributed by atoms with Crippen LogP contribution in [0.5, 0.6) is 0 Å². The van der Waals surface area contributed by atoms with Crippen LogP contribution in [0.3, 0.4) is 0 Å². The second-order valence-corrected chi connectivity index (χ2v) is 7.61. The Balaban J connectivity index is 1.88. The molecule has 0 aromatic carbocycles. The van der Waals surface area contributed by atoms with Gasteiger partial charge < -0.3 is 10.2 Å². The fraction of sp³-hybridized carbons (Fsp3) is 0.600. The van der Waals surface area contributed by atoms with Gasteiger partial charge in [-0.15, -0.1) is 11.3 Å².